The number of hydrogen-bond donors (Lipinski definition) is 0. The van der Waals surface area contributed by atoms with Crippen molar-refractivity contribution in [3.05, 3.63) is 23.8 Å². The van der Waals surface area contributed by atoms with Gasteiger partial charge in [0, 0.05) is 13.3 Å². The van der Waals surface area contributed by atoms with Gasteiger partial charge in [-0.25, -0.2) is 17.6 Å². The Morgan fingerprint density at radius 2 is 1.33 bits per heavy atom. The van der Waals surface area contributed by atoms with Crippen molar-refractivity contribution in [1.29, 1.82) is 0 Å². The highest BCUT2D eigenvalue weighted by Crippen LogP contribution is 2.30. The zero-order chi connectivity index (χ0) is 16.3. The average Bonchev–Trinajstić information content (AvgIpc) is 2.38. The lowest BCUT2D eigenvalue weighted by molar-refractivity contribution is -0.0447. The second-order valence-electron chi connectivity index (χ2n) is 4.55. The second-order valence-corrected chi connectivity index (χ2v) is 4.55. The minimum atomic E-state index is -3.22. The first-order chi connectivity index (χ1) is 9.56. The van der Waals surface area contributed by atoms with E-state index < -0.39 is 54.6 Å². The van der Waals surface area contributed by atoms with Crippen molar-refractivity contribution in [3.8, 4) is 11.5 Å². The van der Waals surface area contributed by atoms with Crippen molar-refractivity contribution in [2.75, 3.05) is 13.2 Å². The number of alkyl halides is 4. The minimum absolute atomic E-state index is 0.524. The smallest absolute Gasteiger partial charge is 0.281 e. The molecule has 0 unspecified atom stereocenters. The molecule has 0 aliphatic carbocycles. The van der Waals surface area contributed by atoms with Gasteiger partial charge in [-0.05, 0) is 12.1 Å². The molecule has 8 heteroatoms. The summed E-state index contributed by atoms with van der Waals surface area (Å²) < 4.78 is 87.0. The van der Waals surface area contributed by atoms with Gasteiger partial charge in [0.1, 0.15) is 0 Å². The van der Waals surface area contributed by atoms with Gasteiger partial charge in [-0.2, -0.15) is 8.78 Å². The van der Waals surface area contributed by atoms with Crippen LogP contribution in [0.3, 0.4) is 0 Å². The molecule has 0 bridgehead atoms. The summed E-state index contributed by atoms with van der Waals surface area (Å²) >= 11 is 0. The van der Waals surface area contributed by atoms with Gasteiger partial charge < -0.3 is 9.47 Å². The SMILES string of the molecule is CCC(F)(F)COc1ccc(OCC(C)(F)F)c(F)c1F. The Morgan fingerprint density at radius 1 is 0.905 bits per heavy atom. The molecule has 0 radical (unpaired) electrons. The van der Waals surface area contributed by atoms with Gasteiger partial charge in [0.2, 0.25) is 11.6 Å². The van der Waals surface area contributed by atoms with Crippen LogP contribution in [0.15, 0.2) is 12.1 Å². The Morgan fingerprint density at radius 3 is 1.71 bits per heavy atom. The molecule has 21 heavy (non-hydrogen) atoms. The first kappa shape index (κ1) is 17.5. The van der Waals surface area contributed by atoms with Gasteiger partial charge in [-0.15, -0.1) is 0 Å². The molecule has 0 heterocycles. The van der Waals surface area contributed by atoms with Crippen molar-refractivity contribution in [3.63, 3.8) is 0 Å². The van der Waals surface area contributed by atoms with Gasteiger partial charge in [-0.3, -0.25) is 0 Å². The van der Waals surface area contributed by atoms with E-state index in [1.165, 1.54) is 6.92 Å². The highest BCUT2D eigenvalue weighted by molar-refractivity contribution is 5.35. The van der Waals surface area contributed by atoms with Crippen LogP contribution in [0, 0.1) is 11.6 Å². The maximum absolute atomic E-state index is 13.5. The molecule has 0 amide bonds. The molecule has 0 saturated heterocycles. The molecule has 0 aliphatic heterocycles. The summed E-state index contributed by atoms with van der Waals surface area (Å²) in [6, 6.07) is 1.68. The van der Waals surface area contributed by atoms with Crippen molar-refractivity contribution in [2.45, 2.75) is 32.1 Å². The maximum atomic E-state index is 13.5. The predicted molar refractivity (Wildman–Crippen MR) is 63.2 cm³/mol. The van der Waals surface area contributed by atoms with Crippen molar-refractivity contribution in [1.82, 2.24) is 0 Å². The molecule has 0 aromatic heterocycles. The lowest BCUT2D eigenvalue weighted by Crippen LogP contribution is -2.25. The third-order valence-corrected chi connectivity index (χ3v) is 2.45. The summed E-state index contributed by atoms with van der Waals surface area (Å²) in [5.41, 5.74) is 0. The number of ether oxygens (including phenoxy) is 2. The van der Waals surface area contributed by atoms with E-state index in [0.29, 0.717) is 6.92 Å². The van der Waals surface area contributed by atoms with Crippen LogP contribution in [0.4, 0.5) is 26.3 Å². The Bertz CT molecular complexity index is 484. The van der Waals surface area contributed by atoms with Crippen LogP contribution in [-0.4, -0.2) is 25.1 Å². The van der Waals surface area contributed by atoms with Gasteiger partial charge in [0.25, 0.3) is 11.8 Å². The second kappa shape index (κ2) is 6.44. The molecule has 120 valence electrons. The zero-order valence-electron chi connectivity index (χ0n) is 11.4. The molecular formula is C13H14F6O2. The zero-order valence-corrected chi connectivity index (χ0v) is 11.4. The van der Waals surface area contributed by atoms with E-state index in [9.17, 15) is 26.3 Å². The van der Waals surface area contributed by atoms with Crippen LogP contribution in [0.5, 0.6) is 11.5 Å². The Kier molecular flexibility index (Phi) is 5.36. The largest absolute Gasteiger partial charge is 0.484 e. The lowest BCUT2D eigenvalue weighted by atomic mass is 10.2. The summed E-state index contributed by atoms with van der Waals surface area (Å²) in [6.45, 7) is -0.502. The number of benzene rings is 1. The molecule has 1 aromatic carbocycles. The first-order valence-corrected chi connectivity index (χ1v) is 6.05. The number of halogens is 6. The Hall–Kier alpha value is -1.60. The van der Waals surface area contributed by atoms with Gasteiger partial charge >= 0.3 is 0 Å². The molecule has 0 N–H and O–H groups in total. The number of rotatable bonds is 7. The summed E-state index contributed by atoms with van der Waals surface area (Å²) in [6.07, 6.45) is -0.524. The molecular weight excluding hydrogens is 302 g/mol. The fraction of sp³-hybridized carbons (Fsp3) is 0.538. The summed E-state index contributed by atoms with van der Waals surface area (Å²) in [4.78, 5) is 0. The van der Waals surface area contributed by atoms with Gasteiger partial charge in [0.15, 0.2) is 24.7 Å². The first-order valence-electron chi connectivity index (χ1n) is 6.05. The fourth-order valence-electron chi connectivity index (χ4n) is 1.23. The van der Waals surface area contributed by atoms with Crippen LogP contribution in [-0.2, 0) is 0 Å². The molecule has 0 atom stereocenters. The van der Waals surface area contributed by atoms with Crippen molar-refractivity contribution < 1.29 is 35.8 Å². The van der Waals surface area contributed by atoms with Crippen molar-refractivity contribution in [2.24, 2.45) is 0 Å². The maximum Gasteiger partial charge on any atom is 0.281 e. The molecule has 2 nitrogen and oxygen atoms in total. The van der Waals surface area contributed by atoms with Crippen LogP contribution >= 0.6 is 0 Å². The van der Waals surface area contributed by atoms with E-state index in [4.69, 9.17) is 0 Å². The summed E-state index contributed by atoms with van der Waals surface area (Å²) in [5.74, 6) is -11.0. The van der Waals surface area contributed by atoms with Gasteiger partial charge in [-0.1, -0.05) is 6.92 Å². The molecule has 0 saturated carbocycles. The lowest BCUT2D eigenvalue weighted by Gasteiger charge is -2.17. The standard InChI is InChI=1S/C13H14F6O2/c1-3-13(18,19)7-21-9-5-4-8(10(14)11(9)15)20-6-12(2,16)17/h4-5H,3,6-7H2,1-2H3. The van der Waals surface area contributed by atoms with Crippen LogP contribution in [0.25, 0.3) is 0 Å². The molecule has 0 fully saturated rings. The molecule has 1 rings (SSSR count). The highest BCUT2D eigenvalue weighted by Gasteiger charge is 2.29. The molecule has 1 aromatic rings. The van der Waals surface area contributed by atoms with Crippen LogP contribution in [0.2, 0.25) is 0 Å². The van der Waals surface area contributed by atoms with Crippen LogP contribution < -0.4 is 9.47 Å². The average molecular weight is 316 g/mol. The Labute approximate surface area is 117 Å². The normalized spacial score (nSPS) is 12.4. The third kappa shape index (κ3) is 5.35. The fourth-order valence-corrected chi connectivity index (χ4v) is 1.23. The topological polar surface area (TPSA) is 18.5 Å². The summed E-state index contributed by atoms with van der Waals surface area (Å²) in [7, 11) is 0. The highest BCUT2D eigenvalue weighted by atomic mass is 19.3. The minimum Gasteiger partial charge on any atom is -0.484 e. The van der Waals surface area contributed by atoms with E-state index in [-0.39, 0.29) is 0 Å². The third-order valence-electron chi connectivity index (χ3n) is 2.45. The monoisotopic (exact) mass is 316 g/mol. The van der Waals surface area contributed by atoms with E-state index in [2.05, 4.69) is 9.47 Å². The molecule has 0 aliphatic rings. The Balaban J connectivity index is 2.80. The predicted octanol–water partition coefficient (Wildman–Crippen LogP) is 4.42. The van der Waals surface area contributed by atoms with Gasteiger partial charge in [0.05, 0.1) is 0 Å². The summed E-state index contributed by atoms with van der Waals surface area (Å²) in [5, 5.41) is 0. The van der Waals surface area contributed by atoms with E-state index in [1.54, 1.807) is 0 Å². The van der Waals surface area contributed by atoms with E-state index in [1.807, 2.05) is 0 Å². The van der Waals surface area contributed by atoms with E-state index >= 15 is 0 Å². The molecule has 0 spiro atoms. The van der Waals surface area contributed by atoms with Crippen LogP contribution in [0.1, 0.15) is 20.3 Å². The number of hydrogen-bond acceptors (Lipinski definition) is 2. The quantitative estimate of drug-likeness (QED) is 0.693. The van der Waals surface area contributed by atoms with Crippen molar-refractivity contribution >= 4 is 0 Å². The van der Waals surface area contributed by atoms with E-state index in [0.717, 1.165) is 12.1 Å².